The summed E-state index contributed by atoms with van der Waals surface area (Å²) in [4.78, 5) is 30.5. The molecule has 7 nitrogen and oxygen atoms in total. The van der Waals surface area contributed by atoms with E-state index in [4.69, 9.17) is 0 Å². The van der Waals surface area contributed by atoms with Gasteiger partial charge in [0.2, 0.25) is 0 Å². The third kappa shape index (κ3) is 2.70. The summed E-state index contributed by atoms with van der Waals surface area (Å²) in [6.07, 6.45) is 1.36. The molecule has 1 atom stereocenters. The average Bonchev–Trinajstić information content (AvgIpc) is 2.80. The van der Waals surface area contributed by atoms with E-state index in [9.17, 15) is 9.59 Å². The molecule has 0 spiro atoms. The lowest BCUT2D eigenvalue weighted by molar-refractivity contribution is 0.0936. The van der Waals surface area contributed by atoms with Gasteiger partial charge in [-0.05, 0) is 32.4 Å². The molecule has 0 aliphatic carbocycles. The van der Waals surface area contributed by atoms with E-state index >= 15 is 0 Å². The topological polar surface area (TPSA) is 104 Å². The summed E-state index contributed by atoms with van der Waals surface area (Å²) in [6, 6.07) is 1.41. The number of nitrogens with one attached hydrogen (secondary N) is 3. The molecule has 2 rings (SSSR count). The Morgan fingerprint density at radius 3 is 2.74 bits per heavy atom. The van der Waals surface area contributed by atoms with Gasteiger partial charge in [-0.1, -0.05) is 0 Å². The maximum absolute atomic E-state index is 12.1. The molecule has 19 heavy (non-hydrogen) atoms. The van der Waals surface area contributed by atoms with Crippen molar-refractivity contribution < 1.29 is 4.79 Å². The fourth-order valence-electron chi connectivity index (χ4n) is 1.90. The number of carbonyl (C=O) groups excluding carboxylic acids is 1. The van der Waals surface area contributed by atoms with Gasteiger partial charge in [-0.2, -0.15) is 5.10 Å². The van der Waals surface area contributed by atoms with E-state index in [2.05, 4.69) is 25.5 Å². The van der Waals surface area contributed by atoms with Crippen molar-refractivity contribution in [1.82, 2.24) is 25.5 Å². The van der Waals surface area contributed by atoms with Gasteiger partial charge in [0.15, 0.2) is 0 Å². The average molecular weight is 261 g/mol. The molecule has 0 bridgehead atoms. The van der Waals surface area contributed by atoms with E-state index in [1.807, 2.05) is 0 Å². The fraction of sp³-hybridized carbons (Fsp3) is 0.333. The SMILES string of the molecule is Cc1cc(C)c(C(=O)NC(C)c2ncn[nH]2)c(=O)[nH]1. The molecular weight excluding hydrogens is 246 g/mol. The smallest absolute Gasteiger partial charge is 0.261 e. The van der Waals surface area contributed by atoms with Crippen molar-refractivity contribution in [3.05, 3.63) is 45.4 Å². The maximum Gasteiger partial charge on any atom is 0.261 e. The Bertz CT molecular complexity index is 645. The van der Waals surface area contributed by atoms with Gasteiger partial charge in [0, 0.05) is 5.69 Å². The van der Waals surface area contributed by atoms with Crippen LogP contribution >= 0.6 is 0 Å². The minimum atomic E-state index is -0.428. The first kappa shape index (κ1) is 13.0. The fourth-order valence-corrected chi connectivity index (χ4v) is 1.90. The molecule has 0 radical (unpaired) electrons. The zero-order valence-corrected chi connectivity index (χ0v) is 10.9. The number of carbonyl (C=O) groups is 1. The van der Waals surface area contributed by atoms with Crippen molar-refractivity contribution in [2.24, 2.45) is 0 Å². The van der Waals surface area contributed by atoms with Crippen molar-refractivity contribution in [3.8, 4) is 0 Å². The lowest BCUT2D eigenvalue weighted by atomic mass is 10.1. The zero-order valence-electron chi connectivity index (χ0n) is 10.9. The monoisotopic (exact) mass is 261 g/mol. The second-order valence-electron chi connectivity index (χ2n) is 4.41. The molecule has 0 fully saturated rings. The van der Waals surface area contributed by atoms with Gasteiger partial charge in [0.25, 0.3) is 11.5 Å². The lowest BCUT2D eigenvalue weighted by Gasteiger charge is -2.12. The standard InChI is InChI=1S/C12H15N5O2/c1-6-4-7(2)15-11(18)9(6)12(19)16-8(3)10-13-5-14-17-10/h4-5,8H,1-3H3,(H,15,18)(H,16,19)(H,13,14,17). The molecule has 1 amide bonds. The van der Waals surface area contributed by atoms with Crippen molar-refractivity contribution >= 4 is 5.91 Å². The Morgan fingerprint density at radius 2 is 2.16 bits per heavy atom. The van der Waals surface area contributed by atoms with E-state index in [1.165, 1.54) is 6.33 Å². The number of aromatic nitrogens is 4. The zero-order chi connectivity index (χ0) is 14.0. The van der Waals surface area contributed by atoms with Crippen LogP contribution in [0.25, 0.3) is 0 Å². The summed E-state index contributed by atoms with van der Waals surface area (Å²) in [5.74, 6) is 0.109. The van der Waals surface area contributed by atoms with Crippen LogP contribution in [-0.4, -0.2) is 26.1 Å². The number of nitrogens with zero attached hydrogens (tertiary/aromatic N) is 2. The molecule has 2 aromatic heterocycles. The van der Waals surface area contributed by atoms with Gasteiger partial charge >= 0.3 is 0 Å². The van der Waals surface area contributed by atoms with Gasteiger partial charge in [-0.3, -0.25) is 14.7 Å². The molecule has 100 valence electrons. The molecule has 1 unspecified atom stereocenters. The quantitative estimate of drug-likeness (QED) is 0.752. The van der Waals surface area contributed by atoms with Crippen LogP contribution in [-0.2, 0) is 0 Å². The first-order valence-electron chi connectivity index (χ1n) is 5.85. The Labute approximate surface area is 109 Å². The highest BCUT2D eigenvalue weighted by Gasteiger charge is 2.18. The van der Waals surface area contributed by atoms with Crippen LogP contribution in [0.2, 0.25) is 0 Å². The van der Waals surface area contributed by atoms with E-state index in [1.54, 1.807) is 26.8 Å². The third-order valence-corrected chi connectivity index (χ3v) is 2.78. The Hall–Kier alpha value is -2.44. The highest BCUT2D eigenvalue weighted by Crippen LogP contribution is 2.08. The number of hydrogen-bond acceptors (Lipinski definition) is 4. The van der Waals surface area contributed by atoms with Crippen LogP contribution in [0.3, 0.4) is 0 Å². The van der Waals surface area contributed by atoms with Gasteiger partial charge in [-0.15, -0.1) is 0 Å². The third-order valence-electron chi connectivity index (χ3n) is 2.78. The highest BCUT2D eigenvalue weighted by atomic mass is 16.2. The summed E-state index contributed by atoms with van der Waals surface area (Å²) < 4.78 is 0. The van der Waals surface area contributed by atoms with E-state index < -0.39 is 5.91 Å². The first-order valence-corrected chi connectivity index (χ1v) is 5.85. The predicted molar refractivity (Wildman–Crippen MR) is 68.8 cm³/mol. The highest BCUT2D eigenvalue weighted by molar-refractivity contribution is 5.95. The van der Waals surface area contributed by atoms with Crippen LogP contribution in [0.5, 0.6) is 0 Å². The second kappa shape index (κ2) is 5.05. The summed E-state index contributed by atoms with van der Waals surface area (Å²) in [6.45, 7) is 5.26. The number of aromatic amines is 2. The molecule has 2 aromatic rings. The van der Waals surface area contributed by atoms with E-state index in [-0.39, 0.29) is 17.2 Å². The lowest BCUT2D eigenvalue weighted by Crippen LogP contribution is -2.33. The second-order valence-corrected chi connectivity index (χ2v) is 4.41. The summed E-state index contributed by atoms with van der Waals surface area (Å²) >= 11 is 0. The van der Waals surface area contributed by atoms with Crippen molar-refractivity contribution in [2.45, 2.75) is 26.8 Å². The van der Waals surface area contributed by atoms with Crippen LogP contribution in [0, 0.1) is 13.8 Å². The minimum Gasteiger partial charge on any atom is -0.342 e. The molecule has 7 heteroatoms. The molecule has 0 aromatic carbocycles. The van der Waals surface area contributed by atoms with Crippen LogP contribution in [0.15, 0.2) is 17.2 Å². The molecule has 0 aliphatic rings. The molecular formula is C12H15N5O2. The molecule has 0 saturated heterocycles. The summed E-state index contributed by atoms with van der Waals surface area (Å²) in [7, 11) is 0. The number of H-pyrrole nitrogens is 2. The largest absolute Gasteiger partial charge is 0.342 e. The Morgan fingerprint density at radius 1 is 1.42 bits per heavy atom. The maximum atomic E-state index is 12.1. The summed E-state index contributed by atoms with van der Waals surface area (Å²) in [5.41, 5.74) is 1.10. The van der Waals surface area contributed by atoms with Gasteiger partial charge in [0.1, 0.15) is 17.7 Å². The van der Waals surface area contributed by atoms with Crippen LogP contribution in [0.4, 0.5) is 0 Å². The number of hydrogen-bond donors (Lipinski definition) is 3. The number of pyridine rings is 1. The van der Waals surface area contributed by atoms with Crippen LogP contribution in [0.1, 0.15) is 40.4 Å². The Kier molecular flexibility index (Phi) is 3.46. The van der Waals surface area contributed by atoms with E-state index in [0.29, 0.717) is 11.4 Å². The van der Waals surface area contributed by atoms with Crippen molar-refractivity contribution in [2.75, 3.05) is 0 Å². The van der Waals surface area contributed by atoms with Gasteiger partial charge in [0.05, 0.1) is 6.04 Å². The molecule has 2 heterocycles. The van der Waals surface area contributed by atoms with Crippen molar-refractivity contribution in [1.29, 1.82) is 0 Å². The van der Waals surface area contributed by atoms with Gasteiger partial charge < -0.3 is 10.3 Å². The number of aryl methyl sites for hydroxylation is 2. The van der Waals surface area contributed by atoms with Gasteiger partial charge in [-0.25, -0.2) is 4.98 Å². The first-order chi connectivity index (χ1) is 8.99. The molecule has 0 saturated carbocycles. The Balaban J connectivity index is 2.24. The molecule has 0 aliphatic heterocycles. The van der Waals surface area contributed by atoms with Crippen molar-refractivity contribution in [3.63, 3.8) is 0 Å². The summed E-state index contributed by atoms with van der Waals surface area (Å²) in [5, 5.41) is 9.09. The van der Waals surface area contributed by atoms with Crippen LogP contribution < -0.4 is 10.9 Å². The van der Waals surface area contributed by atoms with E-state index in [0.717, 1.165) is 5.69 Å². The minimum absolute atomic E-state index is 0.122. The molecule has 3 N–H and O–H groups in total. The normalized spacial score (nSPS) is 12.2. The number of rotatable bonds is 3. The predicted octanol–water partition coefficient (Wildman–Crippen LogP) is 0.601. The number of amides is 1.